The molecule has 0 unspecified atom stereocenters. The van der Waals surface area contributed by atoms with Gasteiger partial charge in [-0.15, -0.1) is 0 Å². The molecule has 0 saturated heterocycles. The van der Waals surface area contributed by atoms with E-state index in [9.17, 15) is 9.18 Å². The molecular formula is C14H12BrFN2O. The van der Waals surface area contributed by atoms with Crippen LogP contribution in [0, 0.1) is 5.82 Å². The number of nitrogens with one attached hydrogen (secondary N) is 1. The zero-order chi connectivity index (χ0) is 13.7. The lowest BCUT2D eigenvalue weighted by molar-refractivity contribution is 0.0953. The molecule has 0 spiro atoms. The van der Waals surface area contributed by atoms with Crippen molar-refractivity contribution in [3.8, 4) is 0 Å². The molecule has 1 N–H and O–H groups in total. The van der Waals surface area contributed by atoms with Gasteiger partial charge in [-0.3, -0.25) is 9.78 Å². The number of pyridine rings is 1. The molecule has 1 amide bonds. The molecule has 0 fully saturated rings. The third-order valence-corrected chi connectivity index (χ3v) is 3.42. The number of halogens is 2. The molecule has 0 aliphatic rings. The molecule has 1 aromatic heterocycles. The maximum Gasteiger partial charge on any atom is 0.252 e. The first-order valence-electron chi connectivity index (χ1n) is 5.79. The number of aromatic nitrogens is 1. The van der Waals surface area contributed by atoms with E-state index in [1.165, 1.54) is 12.1 Å². The van der Waals surface area contributed by atoms with Crippen molar-refractivity contribution in [1.29, 1.82) is 0 Å². The Balaban J connectivity index is 1.93. The summed E-state index contributed by atoms with van der Waals surface area (Å²) < 4.78 is 13.5. The van der Waals surface area contributed by atoms with Crippen molar-refractivity contribution in [3.05, 3.63) is 64.1 Å². The van der Waals surface area contributed by atoms with E-state index in [0.717, 1.165) is 5.56 Å². The van der Waals surface area contributed by atoms with Crippen LogP contribution in [0.2, 0.25) is 0 Å². The second-order valence-corrected chi connectivity index (χ2v) is 4.76. The highest BCUT2D eigenvalue weighted by Gasteiger charge is 2.12. The molecule has 2 aromatic rings. The van der Waals surface area contributed by atoms with Gasteiger partial charge in [0, 0.05) is 18.9 Å². The standard InChI is InChI=1S/C14H12BrFN2O/c15-13-11(4-1-5-12(13)16)14(19)18-8-6-10-3-2-7-17-9-10/h1-5,7,9H,6,8H2,(H,18,19). The molecule has 3 nitrogen and oxygen atoms in total. The quantitative estimate of drug-likeness (QED) is 0.940. The zero-order valence-electron chi connectivity index (χ0n) is 10.1. The van der Waals surface area contributed by atoms with Gasteiger partial charge in [0.15, 0.2) is 0 Å². The first kappa shape index (κ1) is 13.7. The fourth-order valence-electron chi connectivity index (χ4n) is 1.64. The monoisotopic (exact) mass is 322 g/mol. The van der Waals surface area contributed by atoms with Crippen LogP contribution in [0.5, 0.6) is 0 Å². The number of amides is 1. The summed E-state index contributed by atoms with van der Waals surface area (Å²) in [5.74, 6) is -0.741. The van der Waals surface area contributed by atoms with E-state index >= 15 is 0 Å². The van der Waals surface area contributed by atoms with Crippen LogP contribution < -0.4 is 5.32 Å². The molecule has 2 rings (SSSR count). The highest BCUT2D eigenvalue weighted by Crippen LogP contribution is 2.20. The largest absolute Gasteiger partial charge is 0.352 e. The summed E-state index contributed by atoms with van der Waals surface area (Å²) in [7, 11) is 0. The van der Waals surface area contributed by atoms with Gasteiger partial charge in [-0.25, -0.2) is 4.39 Å². The lowest BCUT2D eigenvalue weighted by Gasteiger charge is -2.07. The van der Waals surface area contributed by atoms with E-state index in [4.69, 9.17) is 0 Å². The Morgan fingerprint density at radius 2 is 2.16 bits per heavy atom. The number of benzene rings is 1. The first-order valence-corrected chi connectivity index (χ1v) is 6.59. The number of nitrogens with zero attached hydrogens (tertiary/aromatic N) is 1. The van der Waals surface area contributed by atoms with Crippen molar-refractivity contribution in [2.75, 3.05) is 6.54 Å². The number of hydrogen-bond donors (Lipinski definition) is 1. The molecule has 0 radical (unpaired) electrons. The molecular weight excluding hydrogens is 311 g/mol. The molecule has 5 heteroatoms. The van der Waals surface area contributed by atoms with Crippen LogP contribution in [0.3, 0.4) is 0 Å². The van der Waals surface area contributed by atoms with Crippen molar-refractivity contribution >= 4 is 21.8 Å². The van der Waals surface area contributed by atoms with Crippen LogP contribution in [0.25, 0.3) is 0 Å². The van der Waals surface area contributed by atoms with Crippen molar-refractivity contribution in [1.82, 2.24) is 10.3 Å². The molecule has 1 aromatic carbocycles. The Morgan fingerprint density at radius 3 is 2.89 bits per heavy atom. The minimum absolute atomic E-state index is 0.189. The summed E-state index contributed by atoms with van der Waals surface area (Å²) >= 11 is 3.07. The Bertz CT molecular complexity index is 575. The maximum atomic E-state index is 13.3. The van der Waals surface area contributed by atoms with Gasteiger partial charge >= 0.3 is 0 Å². The number of hydrogen-bond acceptors (Lipinski definition) is 2. The van der Waals surface area contributed by atoms with E-state index in [1.54, 1.807) is 18.5 Å². The fraction of sp³-hybridized carbons (Fsp3) is 0.143. The van der Waals surface area contributed by atoms with Gasteiger partial charge in [0.25, 0.3) is 5.91 Å². The summed E-state index contributed by atoms with van der Waals surface area (Å²) in [4.78, 5) is 15.9. The molecule has 0 atom stereocenters. The zero-order valence-corrected chi connectivity index (χ0v) is 11.7. The van der Waals surface area contributed by atoms with Crippen LogP contribution in [-0.2, 0) is 6.42 Å². The number of carbonyl (C=O) groups is 1. The minimum Gasteiger partial charge on any atom is -0.352 e. The van der Waals surface area contributed by atoms with E-state index < -0.39 is 5.82 Å². The molecule has 0 aliphatic heterocycles. The highest BCUT2D eigenvalue weighted by molar-refractivity contribution is 9.10. The predicted octanol–water partition coefficient (Wildman–Crippen LogP) is 2.96. The Morgan fingerprint density at radius 1 is 1.32 bits per heavy atom. The molecule has 98 valence electrons. The lowest BCUT2D eigenvalue weighted by atomic mass is 10.2. The van der Waals surface area contributed by atoms with Crippen LogP contribution in [0.1, 0.15) is 15.9 Å². The van der Waals surface area contributed by atoms with Gasteiger partial charge in [-0.2, -0.15) is 0 Å². The molecule has 0 aliphatic carbocycles. The molecule has 19 heavy (non-hydrogen) atoms. The molecule has 0 saturated carbocycles. The second-order valence-electron chi connectivity index (χ2n) is 3.97. The van der Waals surface area contributed by atoms with Crippen LogP contribution in [0.4, 0.5) is 4.39 Å². The van der Waals surface area contributed by atoms with Crippen molar-refractivity contribution in [2.24, 2.45) is 0 Å². The van der Waals surface area contributed by atoms with Gasteiger partial charge < -0.3 is 5.32 Å². The van der Waals surface area contributed by atoms with Crippen LogP contribution in [0.15, 0.2) is 47.2 Å². The van der Waals surface area contributed by atoms with Gasteiger partial charge in [0.2, 0.25) is 0 Å². The summed E-state index contributed by atoms with van der Waals surface area (Å²) in [6, 6.07) is 8.18. The number of rotatable bonds is 4. The van der Waals surface area contributed by atoms with Gasteiger partial charge in [-0.05, 0) is 46.1 Å². The van der Waals surface area contributed by atoms with Gasteiger partial charge in [-0.1, -0.05) is 12.1 Å². The highest BCUT2D eigenvalue weighted by atomic mass is 79.9. The normalized spacial score (nSPS) is 10.2. The van der Waals surface area contributed by atoms with E-state index in [1.807, 2.05) is 12.1 Å². The van der Waals surface area contributed by atoms with E-state index in [-0.39, 0.29) is 10.4 Å². The van der Waals surface area contributed by atoms with Crippen molar-refractivity contribution < 1.29 is 9.18 Å². The summed E-state index contributed by atoms with van der Waals surface area (Å²) in [6.45, 7) is 0.480. The van der Waals surface area contributed by atoms with Crippen molar-refractivity contribution in [3.63, 3.8) is 0 Å². The van der Waals surface area contributed by atoms with Crippen LogP contribution in [-0.4, -0.2) is 17.4 Å². The molecule has 0 bridgehead atoms. The van der Waals surface area contributed by atoms with E-state index in [2.05, 4.69) is 26.2 Å². The van der Waals surface area contributed by atoms with Gasteiger partial charge in [0.05, 0.1) is 10.0 Å². The minimum atomic E-state index is -0.445. The van der Waals surface area contributed by atoms with Crippen molar-refractivity contribution in [2.45, 2.75) is 6.42 Å². The maximum absolute atomic E-state index is 13.3. The average Bonchev–Trinajstić information content (AvgIpc) is 2.43. The third kappa shape index (κ3) is 3.61. The Labute approximate surface area is 119 Å². The third-order valence-electron chi connectivity index (χ3n) is 2.62. The summed E-state index contributed by atoms with van der Waals surface area (Å²) in [6.07, 6.45) is 4.14. The van der Waals surface area contributed by atoms with Crippen LogP contribution >= 0.6 is 15.9 Å². The van der Waals surface area contributed by atoms with E-state index in [0.29, 0.717) is 18.5 Å². The Hall–Kier alpha value is -1.75. The summed E-state index contributed by atoms with van der Waals surface area (Å²) in [5.41, 5.74) is 1.34. The fourth-order valence-corrected chi connectivity index (χ4v) is 2.09. The summed E-state index contributed by atoms with van der Waals surface area (Å²) in [5, 5.41) is 2.75. The Kier molecular flexibility index (Phi) is 4.63. The smallest absolute Gasteiger partial charge is 0.252 e. The lowest BCUT2D eigenvalue weighted by Crippen LogP contribution is -2.26. The second kappa shape index (κ2) is 6.43. The molecule has 1 heterocycles. The van der Waals surface area contributed by atoms with Gasteiger partial charge in [0.1, 0.15) is 5.82 Å². The average molecular weight is 323 g/mol. The SMILES string of the molecule is O=C(NCCc1cccnc1)c1cccc(F)c1Br. The topological polar surface area (TPSA) is 42.0 Å². The first-order chi connectivity index (χ1) is 9.18. The predicted molar refractivity (Wildman–Crippen MR) is 74.4 cm³/mol. The number of carbonyl (C=O) groups excluding carboxylic acids is 1.